The van der Waals surface area contributed by atoms with Crippen molar-refractivity contribution in [1.82, 2.24) is 10.3 Å². The van der Waals surface area contributed by atoms with Gasteiger partial charge in [0.05, 0.1) is 7.11 Å². The number of methoxy groups -OCH3 is 1. The van der Waals surface area contributed by atoms with Crippen LogP contribution in [0.1, 0.15) is 31.2 Å². The lowest BCUT2D eigenvalue weighted by Gasteiger charge is -2.20. The monoisotopic (exact) mass is 260 g/mol. The summed E-state index contributed by atoms with van der Waals surface area (Å²) in [7, 11) is 1.60. The van der Waals surface area contributed by atoms with Gasteiger partial charge in [-0.05, 0) is 37.2 Å². The fourth-order valence-electron chi connectivity index (χ4n) is 3.62. The van der Waals surface area contributed by atoms with E-state index in [2.05, 4.69) is 10.3 Å². The van der Waals surface area contributed by atoms with E-state index in [1.54, 1.807) is 13.3 Å². The second-order valence-corrected chi connectivity index (χ2v) is 5.67. The van der Waals surface area contributed by atoms with Gasteiger partial charge in [0.1, 0.15) is 0 Å². The Kier molecular flexibility index (Phi) is 3.40. The van der Waals surface area contributed by atoms with E-state index in [0.717, 1.165) is 17.9 Å². The van der Waals surface area contributed by atoms with Crippen molar-refractivity contribution in [2.45, 2.75) is 32.2 Å². The van der Waals surface area contributed by atoms with Gasteiger partial charge in [-0.3, -0.25) is 4.79 Å². The van der Waals surface area contributed by atoms with Crippen molar-refractivity contribution in [2.75, 3.05) is 7.11 Å². The summed E-state index contributed by atoms with van der Waals surface area (Å²) < 4.78 is 5.19. The smallest absolute Gasteiger partial charge is 0.223 e. The molecule has 2 bridgehead atoms. The molecule has 1 heterocycles. The van der Waals surface area contributed by atoms with Gasteiger partial charge in [-0.15, -0.1) is 0 Å². The van der Waals surface area contributed by atoms with Crippen LogP contribution in [0, 0.1) is 17.8 Å². The number of ether oxygens (including phenoxy) is 1. The van der Waals surface area contributed by atoms with Gasteiger partial charge >= 0.3 is 0 Å². The Hall–Kier alpha value is -1.58. The number of carbonyl (C=O) groups is 1. The number of rotatable bonds is 4. The van der Waals surface area contributed by atoms with E-state index in [-0.39, 0.29) is 11.8 Å². The second-order valence-electron chi connectivity index (χ2n) is 5.67. The summed E-state index contributed by atoms with van der Waals surface area (Å²) in [5.41, 5.74) is 0.932. The molecular weight excluding hydrogens is 240 g/mol. The lowest BCUT2D eigenvalue weighted by Crippen LogP contribution is -2.33. The van der Waals surface area contributed by atoms with E-state index in [1.165, 1.54) is 19.3 Å². The predicted octanol–water partition coefficient (Wildman–Crippen LogP) is 2.14. The third-order valence-corrected chi connectivity index (χ3v) is 4.57. The molecule has 0 spiro atoms. The zero-order valence-corrected chi connectivity index (χ0v) is 11.3. The first kappa shape index (κ1) is 12.5. The van der Waals surface area contributed by atoms with Crippen LogP contribution in [0.4, 0.5) is 0 Å². The maximum atomic E-state index is 12.2. The Balaban J connectivity index is 1.59. The van der Waals surface area contributed by atoms with Crippen LogP contribution in [0.3, 0.4) is 0 Å². The van der Waals surface area contributed by atoms with Crippen LogP contribution in [-0.2, 0) is 11.3 Å². The van der Waals surface area contributed by atoms with Crippen LogP contribution in [0.5, 0.6) is 5.88 Å². The Morgan fingerprint density at radius 3 is 3.05 bits per heavy atom. The molecule has 0 saturated heterocycles. The zero-order chi connectivity index (χ0) is 13.2. The van der Waals surface area contributed by atoms with E-state index < -0.39 is 0 Å². The van der Waals surface area contributed by atoms with E-state index in [1.807, 2.05) is 12.1 Å². The number of fused-ring (bicyclic) bond motifs is 2. The minimum Gasteiger partial charge on any atom is -0.481 e. The topological polar surface area (TPSA) is 51.2 Å². The van der Waals surface area contributed by atoms with Crippen molar-refractivity contribution in [1.29, 1.82) is 0 Å². The molecule has 1 N–H and O–H groups in total. The highest BCUT2D eigenvalue weighted by Gasteiger charge is 2.42. The Morgan fingerprint density at radius 2 is 2.37 bits per heavy atom. The first-order valence-electron chi connectivity index (χ1n) is 7.03. The molecule has 1 aromatic rings. The largest absolute Gasteiger partial charge is 0.481 e. The molecule has 1 aromatic heterocycles. The molecule has 102 valence electrons. The van der Waals surface area contributed by atoms with E-state index in [4.69, 9.17) is 4.74 Å². The van der Waals surface area contributed by atoms with Crippen LogP contribution in [-0.4, -0.2) is 18.0 Å². The van der Waals surface area contributed by atoms with Crippen LogP contribution >= 0.6 is 0 Å². The third-order valence-electron chi connectivity index (χ3n) is 4.57. The lowest BCUT2D eigenvalue weighted by molar-refractivity contribution is -0.126. The molecular formula is C15H20N2O2. The molecule has 4 heteroatoms. The summed E-state index contributed by atoms with van der Waals surface area (Å²) in [6.45, 7) is 0.504. The molecule has 2 aliphatic carbocycles. The molecule has 0 radical (unpaired) electrons. The SMILES string of the molecule is COc1ncccc1CNC(=O)C1CC2CCC1C2. The summed E-state index contributed by atoms with van der Waals surface area (Å²) in [6.07, 6.45) is 6.60. The van der Waals surface area contributed by atoms with Gasteiger partial charge < -0.3 is 10.1 Å². The number of amides is 1. The predicted molar refractivity (Wildman–Crippen MR) is 71.6 cm³/mol. The molecule has 4 nitrogen and oxygen atoms in total. The zero-order valence-electron chi connectivity index (χ0n) is 11.3. The van der Waals surface area contributed by atoms with Crippen molar-refractivity contribution in [3.05, 3.63) is 23.9 Å². The van der Waals surface area contributed by atoms with Crippen molar-refractivity contribution >= 4 is 5.91 Å². The number of hydrogen-bond donors (Lipinski definition) is 1. The van der Waals surface area contributed by atoms with Crippen LogP contribution in [0.2, 0.25) is 0 Å². The number of nitrogens with one attached hydrogen (secondary N) is 1. The number of nitrogens with zero attached hydrogens (tertiary/aromatic N) is 1. The summed E-state index contributed by atoms with van der Waals surface area (Å²) >= 11 is 0. The number of pyridine rings is 1. The highest BCUT2D eigenvalue weighted by atomic mass is 16.5. The quantitative estimate of drug-likeness (QED) is 0.902. The van der Waals surface area contributed by atoms with Crippen LogP contribution in [0.25, 0.3) is 0 Å². The van der Waals surface area contributed by atoms with E-state index in [0.29, 0.717) is 18.3 Å². The van der Waals surface area contributed by atoms with Crippen molar-refractivity contribution in [3.63, 3.8) is 0 Å². The molecule has 1 amide bonds. The molecule has 0 aliphatic heterocycles. The molecule has 3 atom stereocenters. The average Bonchev–Trinajstić information content (AvgIpc) is 3.07. The van der Waals surface area contributed by atoms with Crippen molar-refractivity contribution in [3.8, 4) is 5.88 Å². The van der Waals surface area contributed by atoms with Gasteiger partial charge in [0.2, 0.25) is 11.8 Å². The highest BCUT2D eigenvalue weighted by Crippen LogP contribution is 2.48. The lowest BCUT2D eigenvalue weighted by atomic mass is 9.88. The molecule has 3 unspecified atom stereocenters. The fraction of sp³-hybridized carbons (Fsp3) is 0.600. The minimum atomic E-state index is 0.207. The van der Waals surface area contributed by atoms with Gasteiger partial charge in [-0.25, -0.2) is 4.98 Å². The third kappa shape index (κ3) is 2.44. The Morgan fingerprint density at radius 1 is 1.47 bits per heavy atom. The van der Waals surface area contributed by atoms with Crippen LogP contribution in [0.15, 0.2) is 18.3 Å². The van der Waals surface area contributed by atoms with Crippen molar-refractivity contribution < 1.29 is 9.53 Å². The second kappa shape index (κ2) is 5.19. The Labute approximate surface area is 113 Å². The van der Waals surface area contributed by atoms with Crippen molar-refractivity contribution in [2.24, 2.45) is 17.8 Å². The first-order chi connectivity index (χ1) is 9.28. The summed E-state index contributed by atoms with van der Waals surface area (Å²) in [5, 5.41) is 3.04. The molecule has 2 aliphatic rings. The van der Waals surface area contributed by atoms with Gasteiger partial charge in [0, 0.05) is 24.2 Å². The molecule has 0 aromatic carbocycles. The van der Waals surface area contributed by atoms with E-state index in [9.17, 15) is 4.79 Å². The number of aromatic nitrogens is 1. The average molecular weight is 260 g/mol. The minimum absolute atomic E-state index is 0.207. The number of carbonyl (C=O) groups excluding carboxylic acids is 1. The van der Waals surface area contributed by atoms with Crippen LogP contribution < -0.4 is 10.1 Å². The highest BCUT2D eigenvalue weighted by molar-refractivity contribution is 5.79. The fourth-order valence-corrected chi connectivity index (χ4v) is 3.62. The standard InChI is InChI=1S/C15H20N2O2/c1-19-15-12(3-2-6-16-15)9-17-14(18)13-8-10-4-5-11(13)7-10/h2-3,6,10-11,13H,4-5,7-9H2,1H3,(H,17,18). The van der Waals surface area contributed by atoms with Gasteiger partial charge in [0.15, 0.2) is 0 Å². The van der Waals surface area contributed by atoms with E-state index >= 15 is 0 Å². The van der Waals surface area contributed by atoms with Gasteiger partial charge in [-0.2, -0.15) is 0 Å². The maximum Gasteiger partial charge on any atom is 0.223 e. The Bertz CT molecular complexity index is 475. The van der Waals surface area contributed by atoms with Gasteiger partial charge in [0.25, 0.3) is 0 Å². The summed E-state index contributed by atoms with van der Waals surface area (Å²) in [6, 6.07) is 3.80. The molecule has 19 heavy (non-hydrogen) atoms. The maximum absolute atomic E-state index is 12.2. The number of hydrogen-bond acceptors (Lipinski definition) is 3. The molecule has 2 saturated carbocycles. The molecule has 2 fully saturated rings. The van der Waals surface area contributed by atoms with Gasteiger partial charge in [-0.1, -0.05) is 12.5 Å². The molecule has 3 rings (SSSR count). The first-order valence-corrected chi connectivity index (χ1v) is 7.03. The summed E-state index contributed by atoms with van der Waals surface area (Å²) in [5.74, 6) is 2.46. The normalized spacial score (nSPS) is 28.4. The summed E-state index contributed by atoms with van der Waals surface area (Å²) in [4.78, 5) is 16.4.